The van der Waals surface area contributed by atoms with Crippen LogP contribution in [0.2, 0.25) is 0 Å². The lowest BCUT2D eigenvalue weighted by Gasteiger charge is -2.14. The van der Waals surface area contributed by atoms with Crippen LogP contribution in [0.15, 0.2) is 49.4 Å². The summed E-state index contributed by atoms with van der Waals surface area (Å²) >= 11 is 0. The van der Waals surface area contributed by atoms with Gasteiger partial charge >= 0.3 is 23.9 Å². The van der Waals surface area contributed by atoms with Crippen LogP contribution in [0.3, 0.4) is 0 Å². The number of aromatic amines is 1. The first-order valence-electron chi connectivity index (χ1n) is 10.1. The van der Waals surface area contributed by atoms with Crippen molar-refractivity contribution in [3.05, 3.63) is 60.6 Å². The molecule has 10 nitrogen and oxygen atoms in total. The largest absolute Gasteiger partial charge is 0.458 e. The average molecular weight is 534 g/mol. The monoisotopic (exact) mass is 534 g/mol. The topological polar surface area (TPSA) is 154 Å². The van der Waals surface area contributed by atoms with Crippen molar-refractivity contribution < 1.29 is 35.9 Å². The van der Waals surface area contributed by atoms with Gasteiger partial charge in [0.2, 0.25) is 0 Å². The third-order valence-corrected chi connectivity index (χ3v) is 4.83. The number of hydrogen-bond acceptors (Lipinski definition) is 8. The smallest absolute Gasteiger partial charge is 0.346 e. The number of alkyl halides is 6. The molecule has 4 heterocycles. The highest BCUT2D eigenvalue weighted by molar-refractivity contribution is 6.41. The SMILES string of the molecule is N#CCC(c1cncc(C#N)c1)n1cc(-c2ncnc3[nH]ccc23)cn1.O=C(C(=O)C(F)(F)F)C(F)(F)F. The van der Waals surface area contributed by atoms with Crippen LogP contribution in [0.5, 0.6) is 0 Å². The average Bonchev–Trinajstić information content (AvgIpc) is 3.55. The van der Waals surface area contributed by atoms with Gasteiger partial charge in [0.25, 0.3) is 0 Å². The van der Waals surface area contributed by atoms with Crippen molar-refractivity contribution >= 4 is 22.6 Å². The van der Waals surface area contributed by atoms with Crippen LogP contribution in [0.1, 0.15) is 23.6 Å². The van der Waals surface area contributed by atoms with Gasteiger partial charge in [-0.05, 0) is 17.7 Å². The fraction of sp³-hybridized carbons (Fsp3) is 0.182. The third-order valence-electron chi connectivity index (χ3n) is 4.83. The number of carbonyl (C=O) groups is 2. The van der Waals surface area contributed by atoms with E-state index in [2.05, 4.69) is 37.2 Å². The number of fused-ring (bicyclic) bond motifs is 1. The minimum Gasteiger partial charge on any atom is -0.346 e. The predicted molar refractivity (Wildman–Crippen MR) is 115 cm³/mol. The Hall–Kier alpha value is -5.12. The molecule has 0 amide bonds. The second-order valence-electron chi connectivity index (χ2n) is 7.32. The number of hydrogen-bond donors (Lipinski definition) is 1. The second-order valence-corrected chi connectivity index (χ2v) is 7.32. The Morgan fingerprint density at radius 2 is 1.71 bits per heavy atom. The lowest BCUT2D eigenvalue weighted by Crippen LogP contribution is -2.39. The molecule has 0 bridgehead atoms. The molecule has 1 unspecified atom stereocenters. The highest BCUT2D eigenvalue weighted by atomic mass is 19.4. The minimum atomic E-state index is -5.77. The Balaban J connectivity index is 0.000000284. The van der Waals surface area contributed by atoms with E-state index in [1.165, 1.54) is 12.5 Å². The van der Waals surface area contributed by atoms with Crippen molar-refractivity contribution in [2.75, 3.05) is 0 Å². The second kappa shape index (κ2) is 10.9. The highest BCUT2D eigenvalue weighted by Gasteiger charge is 2.54. The van der Waals surface area contributed by atoms with Crippen LogP contribution in [-0.2, 0) is 9.59 Å². The van der Waals surface area contributed by atoms with E-state index >= 15 is 0 Å². The van der Waals surface area contributed by atoms with Crippen molar-refractivity contribution in [2.45, 2.75) is 24.8 Å². The number of rotatable bonds is 5. The van der Waals surface area contributed by atoms with Crippen LogP contribution in [-0.4, -0.2) is 53.6 Å². The molecular formula is C22H12F6N8O2. The van der Waals surface area contributed by atoms with Crippen molar-refractivity contribution in [3.63, 3.8) is 0 Å². The van der Waals surface area contributed by atoms with Gasteiger partial charge in [0.1, 0.15) is 18.0 Å². The zero-order valence-electron chi connectivity index (χ0n) is 18.6. The van der Waals surface area contributed by atoms with E-state index in [4.69, 9.17) is 5.26 Å². The van der Waals surface area contributed by atoms with E-state index in [0.717, 1.165) is 27.9 Å². The Kier molecular flexibility index (Phi) is 7.86. The summed E-state index contributed by atoms with van der Waals surface area (Å²) in [5, 5.41) is 23.6. The molecule has 4 aromatic heterocycles. The maximum atomic E-state index is 11.2. The molecule has 0 aliphatic heterocycles. The van der Waals surface area contributed by atoms with Gasteiger partial charge in [-0.25, -0.2) is 9.97 Å². The molecule has 0 aliphatic carbocycles. The van der Waals surface area contributed by atoms with Gasteiger partial charge in [-0.3, -0.25) is 19.3 Å². The van der Waals surface area contributed by atoms with Gasteiger partial charge in [0, 0.05) is 35.7 Å². The first kappa shape index (κ1) is 27.5. The summed E-state index contributed by atoms with van der Waals surface area (Å²) in [5.41, 5.74) is 3.55. The number of halogens is 6. The first-order chi connectivity index (χ1) is 17.9. The van der Waals surface area contributed by atoms with E-state index in [1.54, 1.807) is 23.1 Å². The molecule has 1 N–H and O–H groups in total. The van der Waals surface area contributed by atoms with Crippen molar-refractivity contribution in [1.29, 1.82) is 10.5 Å². The van der Waals surface area contributed by atoms with Gasteiger partial charge in [0.05, 0.1) is 36.0 Å². The van der Waals surface area contributed by atoms with Gasteiger partial charge in [-0.1, -0.05) is 0 Å². The molecule has 4 aromatic rings. The molecule has 16 heteroatoms. The number of nitriles is 2. The normalized spacial score (nSPS) is 12.1. The Morgan fingerprint density at radius 1 is 1.03 bits per heavy atom. The fourth-order valence-electron chi connectivity index (χ4n) is 3.14. The summed E-state index contributed by atoms with van der Waals surface area (Å²) in [7, 11) is 0. The van der Waals surface area contributed by atoms with Crippen LogP contribution >= 0.6 is 0 Å². The zero-order chi connectivity index (χ0) is 28.1. The molecule has 0 spiro atoms. The number of nitrogens with one attached hydrogen (secondary N) is 1. The van der Waals surface area contributed by atoms with Gasteiger partial charge in [-0.15, -0.1) is 0 Å². The maximum Gasteiger partial charge on any atom is 0.458 e. The summed E-state index contributed by atoms with van der Waals surface area (Å²) < 4.78 is 68.7. The lowest BCUT2D eigenvalue weighted by atomic mass is 10.1. The molecular weight excluding hydrogens is 522 g/mol. The predicted octanol–water partition coefficient (Wildman–Crippen LogP) is 3.84. The van der Waals surface area contributed by atoms with Crippen molar-refractivity contribution in [3.8, 4) is 23.4 Å². The Labute approximate surface area is 208 Å². The quantitative estimate of drug-likeness (QED) is 0.299. The van der Waals surface area contributed by atoms with Gasteiger partial charge in [0.15, 0.2) is 0 Å². The summed E-state index contributed by atoms with van der Waals surface area (Å²) in [6.45, 7) is 0. The molecule has 0 aliphatic rings. The van der Waals surface area contributed by atoms with E-state index in [-0.39, 0.29) is 12.5 Å². The first-order valence-corrected chi connectivity index (χ1v) is 10.1. The van der Waals surface area contributed by atoms with E-state index in [1.807, 2.05) is 18.5 Å². The Morgan fingerprint density at radius 3 is 2.32 bits per heavy atom. The summed E-state index contributed by atoms with van der Waals surface area (Å²) in [6.07, 6.45) is -1.33. The number of H-pyrrole nitrogens is 1. The van der Waals surface area contributed by atoms with E-state index in [0.29, 0.717) is 5.56 Å². The number of nitrogens with zero attached hydrogens (tertiary/aromatic N) is 7. The van der Waals surface area contributed by atoms with Gasteiger partial charge < -0.3 is 4.98 Å². The fourth-order valence-corrected chi connectivity index (χ4v) is 3.14. The molecule has 38 heavy (non-hydrogen) atoms. The molecule has 0 saturated heterocycles. The van der Waals surface area contributed by atoms with Gasteiger partial charge in [-0.2, -0.15) is 42.0 Å². The van der Waals surface area contributed by atoms with E-state index in [9.17, 15) is 41.2 Å². The number of carbonyl (C=O) groups excluding carboxylic acids is 2. The summed E-state index contributed by atoms with van der Waals surface area (Å²) in [6, 6.07) is 7.55. The molecule has 0 radical (unpaired) electrons. The third kappa shape index (κ3) is 6.16. The van der Waals surface area contributed by atoms with Crippen molar-refractivity contribution in [1.82, 2.24) is 29.7 Å². The summed E-state index contributed by atoms with van der Waals surface area (Å²) in [4.78, 5) is 34.9. The molecule has 0 saturated carbocycles. The van der Waals surface area contributed by atoms with Crippen LogP contribution in [0.4, 0.5) is 26.3 Å². The number of aromatic nitrogens is 6. The van der Waals surface area contributed by atoms with Crippen LogP contribution < -0.4 is 0 Å². The van der Waals surface area contributed by atoms with Crippen molar-refractivity contribution in [2.24, 2.45) is 0 Å². The molecule has 194 valence electrons. The Bertz CT molecular complexity index is 1530. The molecule has 0 fully saturated rings. The lowest BCUT2D eigenvalue weighted by molar-refractivity contribution is -0.193. The molecule has 4 rings (SSSR count). The zero-order valence-corrected chi connectivity index (χ0v) is 18.6. The summed E-state index contributed by atoms with van der Waals surface area (Å²) in [5.74, 6) is -6.81. The molecule has 0 aromatic carbocycles. The van der Waals surface area contributed by atoms with E-state index < -0.39 is 23.9 Å². The molecule has 1 atom stereocenters. The standard InChI is InChI=1S/C18H12N8.C4F6O2/c19-3-1-16(13-5-12(6-20)7-21-8-13)26-10-14(9-25-26)17-15-2-4-22-18(15)24-11-23-17;5-3(6,7)1(11)2(12)4(8,9)10/h2,4-5,7-11,16H,1H2,(H,22,23,24);. The minimum absolute atomic E-state index is 0.209. The highest BCUT2D eigenvalue weighted by Crippen LogP contribution is 2.28. The van der Waals surface area contributed by atoms with Crippen LogP contribution in [0, 0.1) is 22.7 Å². The maximum absolute atomic E-state index is 11.2. The van der Waals surface area contributed by atoms with Crippen LogP contribution in [0.25, 0.3) is 22.3 Å². The number of pyridine rings is 1. The number of ketones is 2. The number of Topliss-reactive ketones (excluding diaryl/α,β-unsaturated/α-hetero) is 2.